The highest BCUT2D eigenvalue weighted by Crippen LogP contribution is 2.41. The smallest absolute Gasteiger partial charge is 0.223 e. The molecule has 1 saturated carbocycles. The zero-order valence-corrected chi connectivity index (χ0v) is 22.1. The predicted molar refractivity (Wildman–Crippen MR) is 145 cm³/mol. The van der Waals surface area contributed by atoms with Crippen LogP contribution in [0.2, 0.25) is 0 Å². The second-order valence-corrected chi connectivity index (χ2v) is 11.8. The molecule has 4 atom stereocenters. The van der Waals surface area contributed by atoms with Crippen LogP contribution in [0.1, 0.15) is 93.4 Å². The van der Waals surface area contributed by atoms with Gasteiger partial charge in [0.25, 0.3) is 0 Å². The molecular formula is C32H42N2O2. The number of fused-ring (bicyclic) bond motifs is 2. The van der Waals surface area contributed by atoms with Gasteiger partial charge in [0.05, 0.1) is 0 Å². The first-order valence-electron chi connectivity index (χ1n) is 14.2. The highest BCUT2D eigenvalue weighted by atomic mass is 16.2. The molecule has 0 spiro atoms. The van der Waals surface area contributed by atoms with Crippen LogP contribution in [0.25, 0.3) is 0 Å². The molecule has 0 bridgehead atoms. The van der Waals surface area contributed by atoms with Crippen LogP contribution >= 0.6 is 0 Å². The van der Waals surface area contributed by atoms with Crippen molar-refractivity contribution in [3.63, 3.8) is 0 Å². The molecule has 0 unspecified atom stereocenters. The summed E-state index contributed by atoms with van der Waals surface area (Å²) in [6.45, 7) is 6.68. The molecule has 2 aromatic rings. The topological polar surface area (TPSA) is 58.2 Å². The van der Waals surface area contributed by atoms with E-state index in [0.717, 1.165) is 51.4 Å². The molecule has 2 aromatic carbocycles. The van der Waals surface area contributed by atoms with Crippen LogP contribution in [-0.4, -0.2) is 23.9 Å². The Labute approximate surface area is 216 Å². The van der Waals surface area contributed by atoms with Crippen molar-refractivity contribution in [2.45, 2.75) is 96.1 Å². The maximum Gasteiger partial charge on any atom is 0.223 e. The van der Waals surface area contributed by atoms with Gasteiger partial charge in [-0.2, -0.15) is 0 Å². The Morgan fingerprint density at radius 2 is 1.17 bits per heavy atom. The van der Waals surface area contributed by atoms with Crippen LogP contribution in [0.4, 0.5) is 0 Å². The number of amides is 2. The zero-order chi connectivity index (χ0) is 25.2. The summed E-state index contributed by atoms with van der Waals surface area (Å²) in [6, 6.07) is 17.7. The third kappa shape index (κ3) is 5.10. The molecule has 0 aliphatic heterocycles. The molecule has 0 radical (unpaired) electrons. The normalized spacial score (nSPS) is 29.7. The van der Waals surface area contributed by atoms with Crippen molar-refractivity contribution in [1.82, 2.24) is 10.6 Å². The van der Waals surface area contributed by atoms with Crippen LogP contribution < -0.4 is 10.6 Å². The number of carbonyl (C=O) groups excluding carboxylic acids is 2. The van der Waals surface area contributed by atoms with Gasteiger partial charge in [-0.15, -0.1) is 0 Å². The van der Waals surface area contributed by atoms with Gasteiger partial charge >= 0.3 is 0 Å². The number of hydrogen-bond donors (Lipinski definition) is 2. The quantitative estimate of drug-likeness (QED) is 0.553. The van der Waals surface area contributed by atoms with Gasteiger partial charge in [-0.05, 0) is 91.4 Å². The predicted octanol–water partition coefficient (Wildman–Crippen LogP) is 5.90. The summed E-state index contributed by atoms with van der Waals surface area (Å²) in [4.78, 5) is 26.6. The highest BCUT2D eigenvalue weighted by molar-refractivity contribution is 5.81. The minimum absolute atomic E-state index is 0.0491. The Morgan fingerprint density at radius 3 is 1.75 bits per heavy atom. The van der Waals surface area contributed by atoms with Gasteiger partial charge < -0.3 is 10.6 Å². The minimum atomic E-state index is 0.0491. The van der Waals surface area contributed by atoms with Crippen molar-refractivity contribution in [2.75, 3.05) is 0 Å². The third-order valence-corrected chi connectivity index (χ3v) is 9.26. The second kappa shape index (κ2) is 10.8. The fourth-order valence-electron chi connectivity index (χ4n) is 7.25. The van der Waals surface area contributed by atoms with Crippen molar-refractivity contribution < 1.29 is 9.59 Å². The highest BCUT2D eigenvalue weighted by Gasteiger charge is 2.37. The Morgan fingerprint density at radius 1 is 0.694 bits per heavy atom. The Hall–Kier alpha value is -2.62. The van der Waals surface area contributed by atoms with Crippen LogP contribution in [0, 0.1) is 17.8 Å². The summed E-state index contributed by atoms with van der Waals surface area (Å²) in [5.41, 5.74) is 5.50. The van der Waals surface area contributed by atoms with Gasteiger partial charge in [0.2, 0.25) is 11.8 Å². The lowest BCUT2D eigenvalue weighted by atomic mass is 9.69. The molecular weight excluding hydrogens is 444 g/mol. The van der Waals surface area contributed by atoms with E-state index in [1.165, 1.54) is 22.3 Å². The molecule has 3 aliphatic carbocycles. The lowest BCUT2D eigenvalue weighted by Gasteiger charge is -2.37. The first kappa shape index (κ1) is 25.0. The molecule has 4 nitrogen and oxygen atoms in total. The largest absolute Gasteiger partial charge is 0.353 e. The van der Waals surface area contributed by atoms with E-state index < -0.39 is 0 Å². The van der Waals surface area contributed by atoms with E-state index >= 15 is 0 Å². The fraction of sp³-hybridized carbons (Fsp3) is 0.562. The third-order valence-electron chi connectivity index (χ3n) is 9.26. The van der Waals surface area contributed by atoms with Crippen LogP contribution in [-0.2, 0) is 22.4 Å². The lowest BCUT2D eigenvalue weighted by molar-refractivity contribution is -0.129. The zero-order valence-electron chi connectivity index (χ0n) is 22.1. The van der Waals surface area contributed by atoms with E-state index in [9.17, 15) is 9.59 Å². The number of carbonyl (C=O) groups is 2. The van der Waals surface area contributed by atoms with Gasteiger partial charge in [-0.25, -0.2) is 0 Å². The number of aryl methyl sites for hydroxylation is 2. The van der Waals surface area contributed by atoms with E-state index in [4.69, 9.17) is 0 Å². The number of benzene rings is 2. The summed E-state index contributed by atoms with van der Waals surface area (Å²) in [6.07, 6.45) is 7.59. The molecule has 1 fully saturated rings. The lowest BCUT2D eigenvalue weighted by Crippen LogP contribution is -2.48. The summed E-state index contributed by atoms with van der Waals surface area (Å²) < 4.78 is 0. The van der Waals surface area contributed by atoms with Gasteiger partial charge in [0.15, 0.2) is 0 Å². The standard InChI is InChI=1S/C32H42N2O2/c1-20(2)30-28-11-7-5-9-23(28)13-19-29(30)32(36)34-25-16-14-24(15-17-25)33-31(35)27-18-12-22-8-4-6-10-26(22)21(27)3/h4-11,20-21,24-25,27,29-30H,12-19H2,1-3H3,(H,33,35)(H,34,36)/t21-,24?,25?,27+,29+,30-/m0/s1. The molecule has 0 heterocycles. The molecule has 3 aliphatic rings. The molecule has 4 heteroatoms. The summed E-state index contributed by atoms with van der Waals surface area (Å²) in [5, 5.41) is 6.78. The summed E-state index contributed by atoms with van der Waals surface area (Å²) in [5.74, 6) is 1.53. The Bertz CT molecular complexity index is 1090. The van der Waals surface area contributed by atoms with Crippen LogP contribution in [0.5, 0.6) is 0 Å². The summed E-state index contributed by atoms with van der Waals surface area (Å²) >= 11 is 0. The fourth-order valence-corrected chi connectivity index (χ4v) is 7.25. The van der Waals surface area contributed by atoms with Crippen molar-refractivity contribution >= 4 is 11.8 Å². The molecule has 2 N–H and O–H groups in total. The number of hydrogen-bond acceptors (Lipinski definition) is 2. The van der Waals surface area contributed by atoms with E-state index in [2.05, 4.69) is 79.9 Å². The first-order chi connectivity index (χ1) is 17.4. The molecule has 36 heavy (non-hydrogen) atoms. The maximum absolute atomic E-state index is 13.4. The average Bonchev–Trinajstić information content (AvgIpc) is 2.89. The van der Waals surface area contributed by atoms with Crippen molar-refractivity contribution in [3.8, 4) is 0 Å². The summed E-state index contributed by atoms with van der Waals surface area (Å²) in [7, 11) is 0. The van der Waals surface area contributed by atoms with Crippen LogP contribution in [0.15, 0.2) is 48.5 Å². The molecule has 5 rings (SSSR count). The monoisotopic (exact) mass is 486 g/mol. The molecule has 0 aromatic heterocycles. The average molecular weight is 487 g/mol. The maximum atomic E-state index is 13.4. The molecule has 0 saturated heterocycles. The minimum Gasteiger partial charge on any atom is -0.353 e. The Balaban J connectivity index is 1.13. The van der Waals surface area contributed by atoms with Crippen molar-refractivity contribution in [2.24, 2.45) is 17.8 Å². The van der Waals surface area contributed by atoms with Gasteiger partial charge in [0.1, 0.15) is 0 Å². The molecule has 192 valence electrons. The van der Waals surface area contributed by atoms with E-state index in [-0.39, 0.29) is 47.6 Å². The molecule has 2 amide bonds. The van der Waals surface area contributed by atoms with Crippen molar-refractivity contribution in [1.29, 1.82) is 0 Å². The second-order valence-electron chi connectivity index (χ2n) is 11.8. The van der Waals surface area contributed by atoms with Crippen molar-refractivity contribution in [3.05, 3.63) is 70.8 Å². The number of rotatable bonds is 5. The van der Waals surface area contributed by atoms with Gasteiger partial charge in [0, 0.05) is 23.9 Å². The van der Waals surface area contributed by atoms with E-state index in [0.29, 0.717) is 5.92 Å². The van der Waals surface area contributed by atoms with Crippen LogP contribution in [0.3, 0.4) is 0 Å². The van der Waals surface area contributed by atoms with Gasteiger partial charge in [-0.1, -0.05) is 69.3 Å². The van der Waals surface area contributed by atoms with Gasteiger partial charge in [-0.3, -0.25) is 9.59 Å². The van der Waals surface area contributed by atoms with E-state index in [1.807, 2.05) is 0 Å². The van der Waals surface area contributed by atoms with E-state index in [1.54, 1.807) is 0 Å². The number of nitrogens with one attached hydrogen (secondary N) is 2. The Kier molecular flexibility index (Phi) is 7.50. The first-order valence-corrected chi connectivity index (χ1v) is 14.2. The SMILES string of the molecule is CC(C)[C@H]1c2ccccc2CC[C@H]1C(=O)NC1CCC(NC(=O)[C@@H]2CCc3ccccc3[C@@H]2C)CC1.